The number of pyridine rings is 1. The van der Waals surface area contributed by atoms with Crippen molar-refractivity contribution in [3.63, 3.8) is 0 Å². The number of ether oxygens (including phenoxy) is 1. The molecule has 31 heavy (non-hydrogen) atoms. The molecule has 0 aliphatic carbocycles. The molecule has 1 heterocycles. The summed E-state index contributed by atoms with van der Waals surface area (Å²) in [4.78, 5) is 4.04. The third-order valence-electron chi connectivity index (χ3n) is 4.16. The number of alkyl halides is 3. The maximum Gasteiger partial charge on any atom is 0.404 e. The molecule has 0 atom stereocenters. The van der Waals surface area contributed by atoms with Crippen LogP contribution in [-0.4, -0.2) is 25.3 Å². The number of sulfonamides is 1. The molecule has 0 aliphatic heterocycles. The first-order valence-electron chi connectivity index (χ1n) is 9.06. The average Bonchev–Trinajstić information content (AvgIpc) is 2.67. The normalized spacial score (nSPS) is 11.9. The number of hydrogen-bond acceptors (Lipinski definition) is 4. The molecule has 2 aromatic carbocycles. The van der Waals surface area contributed by atoms with E-state index >= 15 is 0 Å². The quantitative estimate of drug-likeness (QED) is 0.413. The lowest BCUT2D eigenvalue weighted by Crippen LogP contribution is -2.37. The van der Waals surface area contributed by atoms with Gasteiger partial charge in [0.15, 0.2) is 5.75 Å². The minimum absolute atomic E-state index is 0.0243. The van der Waals surface area contributed by atoms with Crippen LogP contribution in [0.15, 0.2) is 66.7 Å². The van der Waals surface area contributed by atoms with Crippen LogP contribution in [-0.2, 0) is 16.6 Å². The van der Waals surface area contributed by atoms with Gasteiger partial charge in [-0.25, -0.2) is 13.4 Å². The number of nitrogens with zero attached hydrogens (tertiary/aromatic N) is 2. The van der Waals surface area contributed by atoms with Crippen LogP contribution >= 0.6 is 11.6 Å². The second kappa shape index (κ2) is 9.15. The van der Waals surface area contributed by atoms with E-state index in [1.54, 1.807) is 37.3 Å². The van der Waals surface area contributed by atoms with E-state index in [4.69, 9.17) is 16.3 Å². The maximum absolute atomic E-state index is 12.9. The van der Waals surface area contributed by atoms with E-state index < -0.39 is 28.5 Å². The number of para-hydroxylation sites is 1. The molecule has 3 aromatic rings. The third kappa shape index (κ3) is 6.35. The summed E-state index contributed by atoms with van der Waals surface area (Å²) in [6, 6.07) is 17.7. The van der Waals surface area contributed by atoms with Crippen LogP contribution in [0.25, 0.3) is 0 Å². The lowest BCUT2D eigenvalue weighted by molar-refractivity contribution is -0.106. The van der Waals surface area contributed by atoms with E-state index in [1.165, 1.54) is 30.3 Å². The van der Waals surface area contributed by atoms with Crippen molar-refractivity contribution in [3.05, 3.63) is 83.1 Å². The smallest absolute Gasteiger partial charge is 0.404 e. The van der Waals surface area contributed by atoms with Crippen molar-refractivity contribution < 1.29 is 26.3 Å². The summed E-state index contributed by atoms with van der Waals surface area (Å²) in [6.07, 6.45) is -4.90. The molecular weight excluding hydrogens is 453 g/mol. The van der Waals surface area contributed by atoms with Crippen molar-refractivity contribution >= 4 is 27.3 Å². The number of rotatable bonds is 7. The number of aromatic nitrogens is 1. The number of aryl methyl sites for hydroxylation is 1. The molecule has 10 heteroatoms. The molecule has 0 amide bonds. The van der Waals surface area contributed by atoms with E-state index in [-0.39, 0.29) is 16.4 Å². The van der Waals surface area contributed by atoms with Gasteiger partial charge in [0.1, 0.15) is 16.7 Å². The summed E-state index contributed by atoms with van der Waals surface area (Å²) in [5, 5.41) is 0.0243. The molecule has 0 radical (unpaired) electrons. The molecular formula is C21H18ClF3N2O3S. The van der Waals surface area contributed by atoms with Crippen molar-refractivity contribution in [3.8, 4) is 11.5 Å². The van der Waals surface area contributed by atoms with Crippen LogP contribution in [0.4, 0.5) is 18.9 Å². The fourth-order valence-corrected chi connectivity index (χ4v) is 4.37. The summed E-state index contributed by atoms with van der Waals surface area (Å²) in [6.45, 7) is 1.29. The molecule has 0 aliphatic rings. The first-order chi connectivity index (χ1) is 14.5. The molecule has 0 unspecified atom stereocenters. The van der Waals surface area contributed by atoms with Crippen LogP contribution in [0, 0.1) is 6.92 Å². The topological polar surface area (TPSA) is 59.5 Å². The van der Waals surface area contributed by atoms with Gasteiger partial charge in [-0.05, 0) is 49.4 Å². The number of hydrogen-bond donors (Lipinski definition) is 0. The Bertz CT molecular complexity index is 1140. The van der Waals surface area contributed by atoms with E-state index in [2.05, 4.69) is 4.98 Å². The van der Waals surface area contributed by atoms with Crippen LogP contribution < -0.4 is 9.04 Å². The van der Waals surface area contributed by atoms with Crippen LogP contribution in [0.2, 0.25) is 5.15 Å². The Kier molecular flexibility index (Phi) is 6.76. The molecule has 5 nitrogen and oxygen atoms in total. The largest absolute Gasteiger partial charge is 0.457 e. The summed E-state index contributed by atoms with van der Waals surface area (Å²) in [7, 11) is -4.75. The maximum atomic E-state index is 12.9. The summed E-state index contributed by atoms with van der Waals surface area (Å²) < 4.78 is 70.4. The second-order valence-corrected chi connectivity index (χ2v) is 8.94. The van der Waals surface area contributed by atoms with Gasteiger partial charge in [-0.1, -0.05) is 35.9 Å². The standard InChI is InChI=1S/C21H18ClF3N2O3S/c1-15-7-8-16(20(22)26-15)13-27(31(28,29)14-21(23,24)25)17-9-11-19(12-10-17)30-18-5-3-2-4-6-18/h2-12H,13-14H2,1H3. The highest BCUT2D eigenvalue weighted by atomic mass is 35.5. The Morgan fingerprint density at radius 1 is 0.968 bits per heavy atom. The molecule has 0 fully saturated rings. The van der Waals surface area contributed by atoms with Crippen LogP contribution in [0.1, 0.15) is 11.3 Å². The van der Waals surface area contributed by atoms with Crippen molar-refractivity contribution in [2.24, 2.45) is 0 Å². The predicted octanol–water partition coefficient (Wildman–Crippen LogP) is 5.73. The highest BCUT2D eigenvalue weighted by Crippen LogP contribution is 2.30. The molecule has 0 saturated carbocycles. The van der Waals surface area contributed by atoms with Gasteiger partial charge < -0.3 is 4.74 Å². The van der Waals surface area contributed by atoms with Crippen molar-refractivity contribution in [2.45, 2.75) is 19.6 Å². The summed E-state index contributed by atoms with van der Waals surface area (Å²) in [5.41, 5.74) is 0.921. The van der Waals surface area contributed by atoms with Gasteiger partial charge >= 0.3 is 6.18 Å². The van der Waals surface area contributed by atoms with Crippen LogP contribution in [0.3, 0.4) is 0 Å². The van der Waals surface area contributed by atoms with Crippen molar-refractivity contribution in [1.82, 2.24) is 4.98 Å². The highest BCUT2D eigenvalue weighted by molar-refractivity contribution is 7.92. The van der Waals surface area contributed by atoms with Gasteiger partial charge in [-0.3, -0.25) is 4.31 Å². The molecule has 164 valence electrons. The number of benzene rings is 2. The molecule has 1 aromatic heterocycles. The molecule has 3 rings (SSSR count). The monoisotopic (exact) mass is 470 g/mol. The highest BCUT2D eigenvalue weighted by Gasteiger charge is 2.39. The third-order valence-corrected chi connectivity index (χ3v) is 6.20. The Morgan fingerprint density at radius 3 is 2.16 bits per heavy atom. The van der Waals surface area contributed by atoms with E-state index in [0.29, 0.717) is 21.5 Å². The first kappa shape index (κ1) is 22.9. The molecule has 0 bridgehead atoms. The van der Waals surface area contributed by atoms with Crippen molar-refractivity contribution in [2.75, 3.05) is 10.1 Å². The molecule has 0 spiro atoms. The Morgan fingerprint density at radius 2 is 1.58 bits per heavy atom. The Balaban J connectivity index is 1.93. The zero-order chi connectivity index (χ0) is 22.6. The van der Waals surface area contributed by atoms with E-state index in [0.717, 1.165) is 0 Å². The van der Waals surface area contributed by atoms with Crippen LogP contribution in [0.5, 0.6) is 11.5 Å². The van der Waals surface area contributed by atoms with Crippen molar-refractivity contribution in [1.29, 1.82) is 0 Å². The Labute approximate surface area is 183 Å². The van der Waals surface area contributed by atoms with E-state index in [9.17, 15) is 21.6 Å². The fourth-order valence-electron chi connectivity index (χ4n) is 2.77. The number of halogens is 4. The predicted molar refractivity (Wildman–Crippen MR) is 113 cm³/mol. The minimum atomic E-state index is -4.90. The first-order valence-corrected chi connectivity index (χ1v) is 11.0. The molecule has 0 N–H and O–H groups in total. The second-order valence-electron chi connectivity index (χ2n) is 6.69. The average molecular weight is 471 g/mol. The zero-order valence-corrected chi connectivity index (χ0v) is 17.9. The van der Waals surface area contributed by atoms with Gasteiger partial charge in [0.05, 0.1) is 12.2 Å². The minimum Gasteiger partial charge on any atom is -0.457 e. The van der Waals surface area contributed by atoms with Gasteiger partial charge in [-0.15, -0.1) is 0 Å². The number of anilines is 1. The van der Waals surface area contributed by atoms with Gasteiger partial charge in [0.25, 0.3) is 0 Å². The van der Waals surface area contributed by atoms with Gasteiger partial charge in [0.2, 0.25) is 10.0 Å². The molecule has 0 saturated heterocycles. The summed E-state index contributed by atoms with van der Waals surface area (Å²) in [5.74, 6) is -1.04. The lowest BCUT2D eigenvalue weighted by Gasteiger charge is -2.25. The summed E-state index contributed by atoms with van der Waals surface area (Å²) >= 11 is 6.08. The SMILES string of the molecule is Cc1ccc(CN(c2ccc(Oc3ccccc3)cc2)S(=O)(=O)CC(F)(F)F)c(Cl)n1. The fraction of sp³-hybridized carbons (Fsp3) is 0.190. The van der Waals surface area contributed by atoms with E-state index in [1.807, 2.05) is 6.07 Å². The van der Waals surface area contributed by atoms with Gasteiger partial charge in [-0.2, -0.15) is 13.2 Å². The zero-order valence-electron chi connectivity index (χ0n) is 16.3. The Hall–Kier alpha value is -2.78. The van der Waals surface area contributed by atoms with Gasteiger partial charge in [0, 0.05) is 11.3 Å². The lowest BCUT2D eigenvalue weighted by atomic mass is 10.2.